The van der Waals surface area contributed by atoms with Crippen molar-refractivity contribution in [3.8, 4) is 5.75 Å². The summed E-state index contributed by atoms with van der Waals surface area (Å²) in [6.45, 7) is 0.387. The number of nitrogens with zero attached hydrogens (tertiary/aromatic N) is 2. The Morgan fingerprint density at radius 2 is 1.93 bits per heavy atom. The third-order valence-corrected chi connectivity index (χ3v) is 3.97. The lowest BCUT2D eigenvalue weighted by Gasteiger charge is -2.10. The number of benzene rings is 2. The second-order valence-corrected chi connectivity index (χ2v) is 5.86. The average Bonchev–Trinajstić information content (AvgIpc) is 2.70. The van der Waals surface area contributed by atoms with Crippen molar-refractivity contribution in [1.29, 1.82) is 0 Å². The van der Waals surface area contributed by atoms with Crippen LogP contribution in [-0.2, 0) is 6.42 Å². The highest BCUT2D eigenvalue weighted by molar-refractivity contribution is 5.92. The molecule has 8 heteroatoms. The van der Waals surface area contributed by atoms with Crippen LogP contribution in [0.5, 0.6) is 5.75 Å². The molecule has 0 radical (unpaired) electrons. The maximum atomic E-state index is 13.7. The van der Waals surface area contributed by atoms with E-state index in [9.17, 15) is 13.6 Å². The predicted octanol–water partition coefficient (Wildman–Crippen LogP) is 3.48. The summed E-state index contributed by atoms with van der Waals surface area (Å²) in [5.41, 5.74) is 1.14. The summed E-state index contributed by atoms with van der Waals surface area (Å²) in [7, 11) is 1.59. The van der Waals surface area contributed by atoms with E-state index in [1.165, 1.54) is 18.5 Å². The molecule has 0 unspecified atom stereocenters. The van der Waals surface area contributed by atoms with Gasteiger partial charge < -0.3 is 15.4 Å². The minimum atomic E-state index is -0.763. The van der Waals surface area contributed by atoms with Crippen molar-refractivity contribution >= 4 is 17.4 Å². The van der Waals surface area contributed by atoms with E-state index in [4.69, 9.17) is 4.74 Å². The molecule has 0 saturated carbocycles. The van der Waals surface area contributed by atoms with Gasteiger partial charge in [0.1, 0.15) is 35.2 Å². The van der Waals surface area contributed by atoms with Crippen molar-refractivity contribution in [2.75, 3.05) is 19.0 Å². The van der Waals surface area contributed by atoms with Crippen LogP contribution in [-0.4, -0.2) is 29.5 Å². The topological polar surface area (TPSA) is 76.1 Å². The zero-order chi connectivity index (χ0) is 19.9. The van der Waals surface area contributed by atoms with Crippen molar-refractivity contribution < 1.29 is 18.3 Å². The highest BCUT2D eigenvalue weighted by Gasteiger charge is 2.11. The number of nitrogens with one attached hydrogen (secondary N) is 2. The van der Waals surface area contributed by atoms with E-state index in [1.807, 2.05) is 24.3 Å². The smallest absolute Gasteiger partial charge is 0.270 e. The molecular weight excluding hydrogens is 366 g/mol. The van der Waals surface area contributed by atoms with Crippen LogP contribution >= 0.6 is 0 Å². The number of methoxy groups -OCH3 is 1. The molecule has 0 fully saturated rings. The average molecular weight is 384 g/mol. The molecule has 0 aliphatic heterocycles. The molecule has 2 N–H and O–H groups in total. The summed E-state index contributed by atoms with van der Waals surface area (Å²) in [6, 6.07) is 12.1. The second-order valence-electron chi connectivity index (χ2n) is 5.86. The quantitative estimate of drug-likeness (QED) is 0.652. The number of hydrogen-bond acceptors (Lipinski definition) is 5. The van der Waals surface area contributed by atoms with Crippen LogP contribution in [0.2, 0.25) is 0 Å². The second kappa shape index (κ2) is 8.90. The van der Waals surface area contributed by atoms with E-state index in [0.717, 1.165) is 23.4 Å². The number of aromatic nitrogens is 2. The highest BCUT2D eigenvalue weighted by Crippen LogP contribution is 2.20. The molecule has 1 amide bonds. The molecule has 0 aliphatic carbocycles. The summed E-state index contributed by atoms with van der Waals surface area (Å²) in [4.78, 5) is 20.2. The Hall–Kier alpha value is -3.55. The number of carbonyl (C=O) groups excluding carboxylic acids is 1. The zero-order valence-corrected chi connectivity index (χ0v) is 15.1. The van der Waals surface area contributed by atoms with Gasteiger partial charge in [-0.3, -0.25) is 4.79 Å². The van der Waals surface area contributed by atoms with Gasteiger partial charge in [0.2, 0.25) is 0 Å². The summed E-state index contributed by atoms with van der Waals surface area (Å²) in [5.74, 6) is -0.857. The molecule has 1 aromatic heterocycles. The van der Waals surface area contributed by atoms with E-state index < -0.39 is 11.6 Å². The molecule has 0 aliphatic rings. The van der Waals surface area contributed by atoms with Crippen molar-refractivity contribution in [3.63, 3.8) is 0 Å². The van der Waals surface area contributed by atoms with E-state index in [-0.39, 0.29) is 23.1 Å². The molecule has 6 nitrogen and oxygen atoms in total. The molecule has 0 bridgehead atoms. The minimum Gasteiger partial charge on any atom is -0.496 e. The number of ether oxygens (including phenoxy) is 1. The van der Waals surface area contributed by atoms with Gasteiger partial charge in [0.15, 0.2) is 0 Å². The Morgan fingerprint density at radius 1 is 1.11 bits per heavy atom. The fraction of sp³-hybridized carbons (Fsp3) is 0.150. The molecule has 28 heavy (non-hydrogen) atoms. The molecular formula is C20H18F2N4O2. The highest BCUT2D eigenvalue weighted by atomic mass is 19.1. The van der Waals surface area contributed by atoms with E-state index >= 15 is 0 Å². The van der Waals surface area contributed by atoms with Gasteiger partial charge in [-0.15, -0.1) is 0 Å². The van der Waals surface area contributed by atoms with Gasteiger partial charge in [-0.2, -0.15) is 0 Å². The summed E-state index contributed by atoms with van der Waals surface area (Å²) >= 11 is 0. The van der Waals surface area contributed by atoms with Crippen LogP contribution in [0.4, 0.5) is 20.3 Å². The van der Waals surface area contributed by atoms with Gasteiger partial charge in [-0.05, 0) is 30.2 Å². The third kappa shape index (κ3) is 4.79. The van der Waals surface area contributed by atoms with Crippen LogP contribution in [0.3, 0.4) is 0 Å². The Bertz CT molecular complexity index is 982. The predicted molar refractivity (Wildman–Crippen MR) is 101 cm³/mol. The molecule has 1 heterocycles. The monoisotopic (exact) mass is 384 g/mol. The van der Waals surface area contributed by atoms with Gasteiger partial charge >= 0.3 is 0 Å². The Kier molecular flexibility index (Phi) is 6.11. The molecule has 3 rings (SSSR count). The summed E-state index contributed by atoms with van der Waals surface area (Å²) in [6.07, 6.45) is 1.78. The lowest BCUT2D eigenvalue weighted by atomic mass is 10.1. The molecule has 0 atom stereocenters. The van der Waals surface area contributed by atoms with E-state index in [0.29, 0.717) is 13.0 Å². The number of hydrogen-bond donors (Lipinski definition) is 2. The lowest BCUT2D eigenvalue weighted by molar-refractivity contribution is 0.0949. The molecule has 0 spiro atoms. The first-order valence-electron chi connectivity index (χ1n) is 8.51. The lowest BCUT2D eigenvalue weighted by Crippen LogP contribution is -2.26. The first kappa shape index (κ1) is 19.2. The summed E-state index contributed by atoms with van der Waals surface area (Å²) < 4.78 is 32.0. The Labute approximate surface area is 160 Å². The number of rotatable bonds is 7. The SMILES string of the molecule is COc1ccccc1CCNC(=O)c1cc(Nc2ccc(F)cc2F)ncn1. The third-order valence-electron chi connectivity index (χ3n) is 3.97. The molecule has 3 aromatic rings. The number of carbonyl (C=O) groups is 1. The normalized spacial score (nSPS) is 10.4. The maximum Gasteiger partial charge on any atom is 0.270 e. The first-order chi connectivity index (χ1) is 13.6. The minimum absolute atomic E-state index is 0.0441. The van der Waals surface area contributed by atoms with E-state index in [2.05, 4.69) is 20.6 Å². The van der Waals surface area contributed by atoms with Crippen LogP contribution in [0, 0.1) is 11.6 Å². The van der Waals surface area contributed by atoms with Crippen LogP contribution < -0.4 is 15.4 Å². The van der Waals surface area contributed by atoms with Crippen molar-refractivity contribution in [2.45, 2.75) is 6.42 Å². The van der Waals surface area contributed by atoms with Crippen LogP contribution in [0.1, 0.15) is 16.1 Å². The van der Waals surface area contributed by atoms with Crippen molar-refractivity contribution in [2.24, 2.45) is 0 Å². The van der Waals surface area contributed by atoms with Crippen molar-refractivity contribution in [3.05, 3.63) is 77.8 Å². The molecule has 0 saturated heterocycles. The standard InChI is InChI=1S/C20H18F2N4O2/c1-28-18-5-3-2-4-13(18)8-9-23-20(27)17-11-19(25-12-24-17)26-16-7-6-14(21)10-15(16)22/h2-7,10-12H,8-9H2,1H3,(H,23,27)(H,24,25,26). The van der Waals surface area contributed by atoms with Crippen molar-refractivity contribution in [1.82, 2.24) is 15.3 Å². The van der Waals surface area contributed by atoms with Gasteiger partial charge in [0, 0.05) is 18.7 Å². The fourth-order valence-electron chi connectivity index (χ4n) is 2.59. The molecule has 144 valence electrons. The Morgan fingerprint density at radius 3 is 2.71 bits per heavy atom. The number of halogens is 2. The van der Waals surface area contributed by atoms with Gasteiger partial charge in [0.05, 0.1) is 12.8 Å². The van der Waals surface area contributed by atoms with Gasteiger partial charge in [-0.1, -0.05) is 18.2 Å². The van der Waals surface area contributed by atoms with E-state index in [1.54, 1.807) is 7.11 Å². The number of para-hydroxylation sites is 1. The van der Waals surface area contributed by atoms with Crippen LogP contribution in [0.15, 0.2) is 54.9 Å². The maximum absolute atomic E-state index is 13.7. The fourth-order valence-corrected chi connectivity index (χ4v) is 2.59. The largest absolute Gasteiger partial charge is 0.496 e. The number of anilines is 2. The summed E-state index contributed by atoms with van der Waals surface area (Å²) in [5, 5.41) is 5.47. The molecule has 2 aromatic carbocycles. The Balaban J connectivity index is 1.62. The first-order valence-corrected chi connectivity index (χ1v) is 8.51. The van der Waals surface area contributed by atoms with Gasteiger partial charge in [-0.25, -0.2) is 18.7 Å². The number of amides is 1. The zero-order valence-electron chi connectivity index (χ0n) is 15.1. The van der Waals surface area contributed by atoms with Crippen LogP contribution in [0.25, 0.3) is 0 Å². The van der Waals surface area contributed by atoms with Gasteiger partial charge in [0.25, 0.3) is 5.91 Å².